The van der Waals surface area contributed by atoms with Crippen LogP contribution in [0, 0.1) is 18.6 Å². The number of benzene rings is 2. The number of Topliss-reactive ketones (excluding diaryl/α,β-unsaturated/α-hetero) is 1. The number of carbonyl (C=O) groups is 1. The smallest absolute Gasteiger partial charge is 0.182 e. The van der Waals surface area contributed by atoms with Crippen molar-refractivity contribution >= 4 is 23.8 Å². The second-order valence-corrected chi connectivity index (χ2v) is 8.32. The highest BCUT2D eigenvalue weighted by Gasteiger charge is 2.33. The van der Waals surface area contributed by atoms with Gasteiger partial charge in [0.25, 0.3) is 0 Å². The Morgan fingerprint density at radius 3 is 2.76 bits per heavy atom. The number of ether oxygens (including phenoxy) is 1. The summed E-state index contributed by atoms with van der Waals surface area (Å²) in [5, 5.41) is 10.6. The lowest BCUT2D eigenvalue weighted by Gasteiger charge is -2.15. The molecule has 0 radical (unpaired) electrons. The van der Waals surface area contributed by atoms with Crippen LogP contribution >= 0.6 is 12.4 Å². The Morgan fingerprint density at radius 1 is 1.15 bits per heavy atom. The molecule has 0 bridgehead atoms. The molecule has 1 aliphatic carbocycles. The molecule has 2 aromatic heterocycles. The van der Waals surface area contributed by atoms with Crippen molar-refractivity contribution < 1.29 is 23.4 Å². The number of rotatable bonds is 6. The number of aromatic nitrogens is 2. The van der Waals surface area contributed by atoms with E-state index in [4.69, 9.17) is 4.74 Å². The standard InChI is InChI=1S/C26H22F2N2O3.ClH/c1-15-25(22(32)13-19-18-8-3-2-6-16(18)12-21(19)31)30-11-5-10-23(26(30)29-15)33-14-17-7-4-9-20(27)24(17)28;/h2-11,19,21,31H,12-14H2,1H3;1H/t19-,21+;/m1./s1. The van der Waals surface area contributed by atoms with Gasteiger partial charge in [-0.3, -0.25) is 9.20 Å². The van der Waals surface area contributed by atoms with Crippen molar-refractivity contribution in [3.05, 3.63) is 101 Å². The number of hydrogen-bond donors (Lipinski definition) is 1. The quantitative estimate of drug-likeness (QED) is 0.382. The maximum absolute atomic E-state index is 14.0. The third-order valence-electron chi connectivity index (χ3n) is 6.22. The van der Waals surface area contributed by atoms with Crippen molar-refractivity contribution in [2.45, 2.75) is 38.4 Å². The van der Waals surface area contributed by atoms with E-state index in [1.54, 1.807) is 29.7 Å². The van der Waals surface area contributed by atoms with Crippen molar-refractivity contribution in [2.24, 2.45) is 0 Å². The lowest BCUT2D eigenvalue weighted by molar-refractivity contribution is 0.0915. The van der Waals surface area contributed by atoms with Crippen LogP contribution in [-0.2, 0) is 13.0 Å². The molecule has 5 rings (SSSR count). The van der Waals surface area contributed by atoms with E-state index in [1.165, 1.54) is 12.1 Å². The molecule has 0 unspecified atom stereocenters. The van der Waals surface area contributed by atoms with E-state index < -0.39 is 17.7 Å². The summed E-state index contributed by atoms with van der Waals surface area (Å²) in [6.07, 6.45) is 1.81. The minimum absolute atomic E-state index is 0. The summed E-state index contributed by atoms with van der Waals surface area (Å²) >= 11 is 0. The first-order valence-corrected chi connectivity index (χ1v) is 10.8. The molecular formula is C26H23ClF2N2O3. The van der Waals surface area contributed by atoms with Gasteiger partial charge in [0, 0.05) is 24.1 Å². The van der Waals surface area contributed by atoms with Crippen LogP contribution in [0.3, 0.4) is 0 Å². The van der Waals surface area contributed by atoms with Crippen LogP contribution in [0.5, 0.6) is 5.75 Å². The van der Waals surface area contributed by atoms with Crippen molar-refractivity contribution in [3.63, 3.8) is 0 Å². The van der Waals surface area contributed by atoms with Crippen LogP contribution in [0.15, 0.2) is 60.8 Å². The molecule has 4 aromatic rings. The number of halogens is 3. The molecule has 0 saturated carbocycles. The molecule has 1 N–H and O–H groups in total. The molecule has 0 saturated heterocycles. The SMILES string of the molecule is Cc1nc2c(OCc3cccc(F)c3F)cccn2c1C(=O)C[C@@H]1c2ccccc2C[C@@H]1O.Cl. The van der Waals surface area contributed by atoms with Crippen LogP contribution in [0.4, 0.5) is 8.78 Å². The first-order chi connectivity index (χ1) is 15.9. The number of pyridine rings is 1. The Kier molecular flexibility index (Phi) is 6.68. The number of aliphatic hydroxyl groups is 1. The summed E-state index contributed by atoms with van der Waals surface area (Å²) in [5.41, 5.74) is 3.54. The highest BCUT2D eigenvalue weighted by atomic mass is 35.5. The molecule has 2 aromatic carbocycles. The van der Waals surface area contributed by atoms with Crippen molar-refractivity contribution in [1.29, 1.82) is 0 Å². The second-order valence-electron chi connectivity index (χ2n) is 8.32. The monoisotopic (exact) mass is 484 g/mol. The summed E-state index contributed by atoms with van der Waals surface area (Å²) in [6, 6.07) is 15.1. The van der Waals surface area contributed by atoms with Crippen molar-refractivity contribution in [3.8, 4) is 5.75 Å². The first kappa shape index (κ1) is 23.9. The third-order valence-corrected chi connectivity index (χ3v) is 6.22. The van der Waals surface area contributed by atoms with Crippen LogP contribution in [0.25, 0.3) is 5.65 Å². The Balaban J connectivity index is 0.00000274. The highest BCUT2D eigenvalue weighted by Crippen LogP contribution is 2.37. The number of ketones is 1. The van der Waals surface area contributed by atoms with Crippen LogP contribution in [0.1, 0.15) is 45.2 Å². The number of fused-ring (bicyclic) bond motifs is 2. The molecule has 2 atom stereocenters. The Hall–Kier alpha value is -3.29. The van der Waals surface area contributed by atoms with E-state index in [0.29, 0.717) is 29.2 Å². The molecule has 0 aliphatic heterocycles. The zero-order valence-electron chi connectivity index (χ0n) is 18.4. The molecule has 1 aliphatic rings. The van der Waals surface area contributed by atoms with Crippen molar-refractivity contribution in [1.82, 2.24) is 9.38 Å². The van der Waals surface area contributed by atoms with Crippen molar-refractivity contribution in [2.75, 3.05) is 0 Å². The second kappa shape index (κ2) is 9.52. The lowest BCUT2D eigenvalue weighted by Crippen LogP contribution is -2.18. The number of carbonyl (C=O) groups excluding carboxylic acids is 1. The average Bonchev–Trinajstić information content (AvgIpc) is 3.30. The first-order valence-electron chi connectivity index (χ1n) is 10.8. The molecule has 176 valence electrons. The summed E-state index contributed by atoms with van der Waals surface area (Å²) in [5.74, 6) is -1.93. The van der Waals surface area contributed by atoms with E-state index in [1.807, 2.05) is 24.3 Å². The minimum atomic E-state index is -0.949. The van der Waals surface area contributed by atoms with Gasteiger partial charge in [0.15, 0.2) is 28.8 Å². The molecule has 0 fully saturated rings. The van der Waals surface area contributed by atoms with Gasteiger partial charge in [-0.1, -0.05) is 36.4 Å². The normalized spacial score (nSPS) is 16.8. The third kappa shape index (κ3) is 4.17. The van der Waals surface area contributed by atoms with Gasteiger partial charge in [0.2, 0.25) is 0 Å². The minimum Gasteiger partial charge on any atom is -0.485 e. The number of hydrogen-bond acceptors (Lipinski definition) is 4. The molecule has 34 heavy (non-hydrogen) atoms. The maximum Gasteiger partial charge on any atom is 0.182 e. The van der Waals surface area contributed by atoms with Crippen LogP contribution in [-0.4, -0.2) is 26.4 Å². The fourth-order valence-electron chi connectivity index (χ4n) is 4.62. The Morgan fingerprint density at radius 2 is 1.94 bits per heavy atom. The van der Waals surface area contributed by atoms with E-state index in [2.05, 4.69) is 4.98 Å². The van der Waals surface area contributed by atoms with E-state index >= 15 is 0 Å². The fourth-order valence-corrected chi connectivity index (χ4v) is 4.62. The largest absolute Gasteiger partial charge is 0.485 e. The van der Waals surface area contributed by atoms with Gasteiger partial charge in [0.05, 0.1) is 11.8 Å². The van der Waals surface area contributed by atoms with E-state index in [9.17, 15) is 18.7 Å². The average molecular weight is 485 g/mol. The van der Waals surface area contributed by atoms with Gasteiger partial charge >= 0.3 is 0 Å². The number of imidazole rings is 1. The van der Waals surface area contributed by atoms with E-state index in [0.717, 1.165) is 17.2 Å². The summed E-state index contributed by atoms with van der Waals surface area (Å²) in [7, 11) is 0. The topological polar surface area (TPSA) is 63.8 Å². The van der Waals surface area contributed by atoms with Gasteiger partial charge in [-0.25, -0.2) is 13.8 Å². The molecular weight excluding hydrogens is 462 g/mol. The predicted octanol–water partition coefficient (Wildman–Crippen LogP) is 5.20. The summed E-state index contributed by atoms with van der Waals surface area (Å²) < 4.78 is 34.9. The van der Waals surface area contributed by atoms with Crippen LogP contribution < -0.4 is 4.74 Å². The van der Waals surface area contributed by atoms with Gasteiger partial charge in [0.1, 0.15) is 12.3 Å². The zero-order valence-corrected chi connectivity index (χ0v) is 19.2. The van der Waals surface area contributed by atoms with Gasteiger partial charge in [-0.15, -0.1) is 12.4 Å². The molecule has 5 nitrogen and oxygen atoms in total. The van der Waals surface area contributed by atoms with Gasteiger partial charge in [-0.05, 0) is 42.7 Å². The van der Waals surface area contributed by atoms with E-state index in [-0.39, 0.29) is 42.7 Å². The molecule has 0 spiro atoms. The fraction of sp³-hybridized carbons (Fsp3) is 0.231. The zero-order chi connectivity index (χ0) is 23.1. The Bertz CT molecular complexity index is 1370. The maximum atomic E-state index is 14.0. The number of aliphatic hydroxyl groups excluding tert-OH is 1. The number of aryl methyl sites for hydroxylation is 1. The lowest BCUT2D eigenvalue weighted by atomic mass is 9.93. The molecule has 8 heteroatoms. The summed E-state index contributed by atoms with van der Waals surface area (Å²) in [6.45, 7) is 1.57. The van der Waals surface area contributed by atoms with Gasteiger partial charge < -0.3 is 9.84 Å². The molecule has 0 amide bonds. The van der Waals surface area contributed by atoms with Gasteiger partial charge in [-0.2, -0.15) is 0 Å². The van der Waals surface area contributed by atoms with Crippen LogP contribution in [0.2, 0.25) is 0 Å². The summed E-state index contributed by atoms with van der Waals surface area (Å²) in [4.78, 5) is 17.8. The Labute approximate surface area is 201 Å². The highest BCUT2D eigenvalue weighted by molar-refractivity contribution is 5.97. The molecule has 2 heterocycles. The predicted molar refractivity (Wildman–Crippen MR) is 126 cm³/mol. The number of nitrogens with zero attached hydrogens (tertiary/aromatic N) is 2.